The summed E-state index contributed by atoms with van der Waals surface area (Å²) >= 11 is 8.11. The van der Waals surface area contributed by atoms with Gasteiger partial charge in [0.25, 0.3) is 0 Å². The summed E-state index contributed by atoms with van der Waals surface area (Å²) in [6.07, 6.45) is 3.37. The smallest absolute Gasteiger partial charge is 0.226 e. The van der Waals surface area contributed by atoms with Crippen LogP contribution in [0, 0.1) is 0 Å². The van der Waals surface area contributed by atoms with Gasteiger partial charge >= 0.3 is 0 Å². The molecule has 2 aliphatic heterocycles. The quantitative estimate of drug-likeness (QED) is 0.370. The lowest BCUT2D eigenvalue weighted by molar-refractivity contribution is 0.223. The predicted molar refractivity (Wildman–Crippen MR) is 128 cm³/mol. The maximum absolute atomic E-state index is 6.63. The topological polar surface area (TPSA) is 52.0 Å². The van der Waals surface area contributed by atoms with Crippen molar-refractivity contribution < 1.29 is 4.74 Å². The fourth-order valence-electron chi connectivity index (χ4n) is 4.45. The van der Waals surface area contributed by atoms with Gasteiger partial charge in [-0.05, 0) is 47.7 Å². The van der Waals surface area contributed by atoms with Crippen LogP contribution in [0.3, 0.4) is 0 Å². The van der Waals surface area contributed by atoms with Crippen molar-refractivity contribution in [1.82, 2.24) is 14.8 Å². The Hall–Kier alpha value is -3.22. The standard InChI is InChI=1S/C25H19ClN4OS/c1-32-18-10-7-16(8-11-18)24-21-22(19-13-17(26)9-12-20(19)31-24)29-25-27-14-28-30(25)23(21)15-5-3-2-4-6-15/h2-14,23-24H,1H3,(H,27,28,29). The second-order valence-electron chi connectivity index (χ2n) is 7.71. The van der Waals surface area contributed by atoms with Gasteiger partial charge in [-0.3, -0.25) is 0 Å². The number of benzene rings is 3. The van der Waals surface area contributed by atoms with Gasteiger partial charge < -0.3 is 10.1 Å². The third-order valence-corrected chi connectivity index (χ3v) is 6.89. The van der Waals surface area contributed by atoms with E-state index in [0.717, 1.165) is 33.7 Å². The average molecular weight is 459 g/mol. The van der Waals surface area contributed by atoms with Crippen molar-refractivity contribution in [2.75, 3.05) is 11.6 Å². The number of hydrogen-bond acceptors (Lipinski definition) is 5. The molecule has 0 spiro atoms. The Balaban J connectivity index is 1.61. The molecule has 1 N–H and O–H groups in total. The Morgan fingerprint density at radius 1 is 1.00 bits per heavy atom. The van der Waals surface area contributed by atoms with Crippen molar-refractivity contribution in [3.63, 3.8) is 0 Å². The van der Waals surface area contributed by atoms with E-state index in [0.29, 0.717) is 11.0 Å². The Kier molecular flexibility index (Phi) is 4.70. The Labute approximate surface area is 195 Å². The van der Waals surface area contributed by atoms with Crippen LogP contribution in [0.25, 0.3) is 5.70 Å². The van der Waals surface area contributed by atoms with Crippen molar-refractivity contribution in [3.05, 3.63) is 106 Å². The number of thioether (sulfide) groups is 1. The molecule has 0 aliphatic carbocycles. The highest BCUT2D eigenvalue weighted by Gasteiger charge is 2.40. The first-order valence-corrected chi connectivity index (χ1v) is 11.9. The minimum atomic E-state index is -0.287. The fourth-order valence-corrected chi connectivity index (χ4v) is 5.03. The third-order valence-electron chi connectivity index (χ3n) is 5.91. The average Bonchev–Trinajstić information content (AvgIpc) is 3.31. The van der Waals surface area contributed by atoms with Gasteiger partial charge in [-0.15, -0.1) is 11.8 Å². The minimum Gasteiger partial charge on any atom is -0.480 e. The third kappa shape index (κ3) is 3.10. The summed E-state index contributed by atoms with van der Waals surface area (Å²) in [6, 6.07) is 24.5. The molecule has 4 aromatic rings. The van der Waals surface area contributed by atoms with Crippen LogP contribution in [0.2, 0.25) is 5.02 Å². The number of halogens is 1. The maximum Gasteiger partial charge on any atom is 0.226 e. The van der Waals surface area contributed by atoms with E-state index >= 15 is 0 Å². The van der Waals surface area contributed by atoms with E-state index in [4.69, 9.17) is 16.3 Å². The van der Waals surface area contributed by atoms with Crippen molar-refractivity contribution in [1.29, 1.82) is 0 Å². The van der Waals surface area contributed by atoms with Crippen LogP contribution in [0.5, 0.6) is 5.75 Å². The van der Waals surface area contributed by atoms with Crippen LogP contribution in [0.15, 0.2) is 89.6 Å². The van der Waals surface area contributed by atoms with Gasteiger partial charge in [0, 0.05) is 21.1 Å². The highest BCUT2D eigenvalue weighted by atomic mass is 35.5. The van der Waals surface area contributed by atoms with E-state index in [1.54, 1.807) is 18.1 Å². The van der Waals surface area contributed by atoms with Crippen LogP contribution < -0.4 is 10.1 Å². The minimum absolute atomic E-state index is 0.165. The summed E-state index contributed by atoms with van der Waals surface area (Å²) < 4.78 is 8.56. The van der Waals surface area contributed by atoms with Crippen LogP contribution in [0.1, 0.15) is 28.8 Å². The number of nitrogens with zero attached hydrogens (tertiary/aromatic N) is 3. The molecule has 3 heterocycles. The first-order chi connectivity index (χ1) is 15.7. The van der Waals surface area contributed by atoms with E-state index < -0.39 is 0 Å². The predicted octanol–water partition coefficient (Wildman–Crippen LogP) is 6.21. The van der Waals surface area contributed by atoms with Crippen LogP contribution in [-0.2, 0) is 0 Å². The van der Waals surface area contributed by atoms with Crippen LogP contribution in [-0.4, -0.2) is 21.0 Å². The molecule has 0 radical (unpaired) electrons. The summed E-state index contributed by atoms with van der Waals surface area (Å²) in [4.78, 5) is 5.68. The summed E-state index contributed by atoms with van der Waals surface area (Å²) in [5.41, 5.74) is 5.19. The lowest BCUT2D eigenvalue weighted by Crippen LogP contribution is -2.32. The van der Waals surface area contributed by atoms with E-state index in [2.05, 4.69) is 58.1 Å². The summed E-state index contributed by atoms with van der Waals surface area (Å²) in [6.45, 7) is 0. The molecule has 0 fully saturated rings. The van der Waals surface area contributed by atoms with Crippen molar-refractivity contribution in [2.24, 2.45) is 0 Å². The largest absolute Gasteiger partial charge is 0.480 e. The van der Waals surface area contributed by atoms with E-state index in [-0.39, 0.29) is 12.1 Å². The molecule has 0 amide bonds. The van der Waals surface area contributed by atoms with Crippen molar-refractivity contribution >= 4 is 35.0 Å². The van der Waals surface area contributed by atoms with E-state index in [9.17, 15) is 0 Å². The monoisotopic (exact) mass is 458 g/mol. The van der Waals surface area contributed by atoms with Crippen LogP contribution >= 0.6 is 23.4 Å². The molecule has 0 saturated carbocycles. The molecule has 1 aromatic heterocycles. The number of nitrogens with one attached hydrogen (secondary N) is 1. The van der Waals surface area contributed by atoms with Gasteiger partial charge in [0.05, 0.1) is 5.70 Å². The molecule has 2 atom stereocenters. The van der Waals surface area contributed by atoms with Gasteiger partial charge in [0.2, 0.25) is 5.95 Å². The highest BCUT2D eigenvalue weighted by Crippen LogP contribution is 2.51. The summed E-state index contributed by atoms with van der Waals surface area (Å²) in [5.74, 6) is 1.49. The molecule has 0 saturated heterocycles. The molecule has 0 bridgehead atoms. The molecule has 158 valence electrons. The van der Waals surface area contributed by atoms with E-state index in [1.807, 2.05) is 41.1 Å². The zero-order valence-electron chi connectivity index (χ0n) is 17.2. The Morgan fingerprint density at radius 2 is 1.81 bits per heavy atom. The van der Waals surface area contributed by atoms with Crippen molar-refractivity contribution in [2.45, 2.75) is 17.0 Å². The highest BCUT2D eigenvalue weighted by molar-refractivity contribution is 7.98. The normalized spacial score (nSPS) is 18.8. The van der Waals surface area contributed by atoms with Gasteiger partial charge in [-0.2, -0.15) is 10.1 Å². The van der Waals surface area contributed by atoms with Gasteiger partial charge in [0.15, 0.2) is 0 Å². The number of aromatic nitrogens is 3. The van der Waals surface area contributed by atoms with Gasteiger partial charge in [-0.25, -0.2) is 4.68 Å². The van der Waals surface area contributed by atoms with Gasteiger partial charge in [0.1, 0.15) is 24.2 Å². The summed E-state index contributed by atoms with van der Waals surface area (Å²) in [5, 5.41) is 8.73. The SMILES string of the molecule is CSc1ccc(C2Oc3ccc(Cl)cc3C3=C2C(c2ccccc2)n2ncnc2N3)cc1. The van der Waals surface area contributed by atoms with Crippen LogP contribution in [0.4, 0.5) is 5.95 Å². The second-order valence-corrected chi connectivity index (χ2v) is 9.02. The molecular formula is C25H19ClN4OS. The molecule has 32 heavy (non-hydrogen) atoms. The van der Waals surface area contributed by atoms with E-state index in [1.165, 1.54) is 4.90 Å². The number of rotatable bonds is 3. The maximum atomic E-state index is 6.63. The lowest BCUT2D eigenvalue weighted by Gasteiger charge is -2.39. The molecule has 2 unspecified atom stereocenters. The second kappa shape index (κ2) is 7.73. The number of hydrogen-bond donors (Lipinski definition) is 1. The van der Waals surface area contributed by atoms with Crippen molar-refractivity contribution in [3.8, 4) is 5.75 Å². The van der Waals surface area contributed by atoms with Gasteiger partial charge in [-0.1, -0.05) is 54.1 Å². The molecule has 5 nitrogen and oxygen atoms in total. The number of anilines is 1. The first-order valence-electron chi connectivity index (χ1n) is 10.3. The zero-order chi connectivity index (χ0) is 21.7. The molecular weight excluding hydrogens is 440 g/mol. The Morgan fingerprint density at radius 3 is 2.59 bits per heavy atom. The first kappa shape index (κ1) is 19.5. The lowest BCUT2D eigenvalue weighted by atomic mass is 9.84. The summed E-state index contributed by atoms with van der Waals surface area (Å²) in [7, 11) is 0. The molecule has 7 heteroatoms. The molecule has 2 aliphatic rings. The Bertz CT molecular complexity index is 1330. The number of fused-ring (bicyclic) bond motifs is 3. The zero-order valence-corrected chi connectivity index (χ0v) is 18.8. The molecule has 6 rings (SSSR count). The fraction of sp³-hybridized carbons (Fsp3) is 0.120. The number of ether oxygens (including phenoxy) is 1. The molecule has 3 aromatic carbocycles.